The Hall–Kier alpha value is 0.660. The van der Waals surface area contributed by atoms with Crippen molar-refractivity contribution in [2.45, 2.75) is 6.42 Å². The summed E-state index contributed by atoms with van der Waals surface area (Å²) in [7, 11) is 0. The van der Waals surface area contributed by atoms with Crippen molar-refractivity contribution in [1.29, 1.82) is 0 Å². The van der Waals surface area contributed by atoms with Crippen LogP contribution in [0.1, 0.15) is 6.42 Å². The second-order valence-electron chi connectivity index (χ2n) is 1.07. The second-order valence-corrected chi connectivity index (χ2v) is 2.90. The molecule has 1 aliphatic rings. The van der Waals surface area contributed by atoms with Crippen molar-refractivity contribution in [1.82, 2.24) is 0 Å². The van der Waals surface area contributed by atoms with Gasteiger partial charge in [0.1, 0.15) is 0 Å². The van der Waals surface area contributed by atoms with Gasteiger partial charge in [-0.25, -0.2) is 3.63 Å². The number of rotatable bonds is 0. The van der Waals surface area contributed by atoms with Gasteiger partial charge in [0.25, 0.3) is 0 Å². The standard InChI is InChI=1S/C3H6OS2/c1-2-5-4-6-3-1/h1-3H2. The lowest BCUT2D eigenvalue weighted by molar-refractivity contribution is 0.736. The van der Waals surface area contributed by atoms with Crippen molar-refractivity contribution < 1.29 is 3.63 Å². The van der Waals surface area contributed by atoms with Gasteiger partial charge in [0.2, 0.25) is 0 Å². The maximum Gasteiger partial charge on any atom is 0.0219 e. The molecule has 0 unspecified atom stereocenters. The second kappa shape index (κ2) is 2.77. The van der Waals surface area contributed by atoms with Crippen LogP contribution in [0.4, 0.5) is 0 Å². The maximum absolute atomic E-state index is 4.90. The molecule has 0 bridgehead atoms. The van der Waals surface area contributed by atoms with Gasteiger partial charge in [-0.3, -0.25) is 0 Å². The molecule has 36 valence electrons. The highest BCUT2D eigenvalue weighted by molar-refractivity contribution is 8.08. The Balaban J connectivity index is 2.00. The van der Waals surface area contributed by atoms with Crippen molar-refractivity contribution in [2.24, 2.45) is 0 Å². The van der Waals surface area contributed by atoms with Crippen molar-refractivity contribution in [2.75, 3.05) is 11.5 Å². The van der Waals surface area contributed by atoms with E-state index in [0.29, 0.717) is 0 Å². The lowest BCUT2D eigenvalue weighted by Crippen LogP contribution is -1.89. The highest BCUT2D eigenvalue weighted by Gasteiger charge is 1.97. The fraction of sp³-hybridized carbons (Fsp3) is 1.00. The van der Waals surface area contributed by atoms with E-state index < -0.39 is 0 Å². The van der Waals surface area contributed by atoms with Gasteiger partial charge in [0, 0.05) is 35.6 Å². The summed E-state index contributed by atoms with van der Waals surface area (Å²) in [4.78, 5) is 0. The molecular weight excluding hydrogens is 116 g/mol. The minimum Gasteiger partial charge on any atom is -0.247 e. The third-order valence-corrected chi connectivity index (χ3v) is 2.23. The van der Waals surface area contributed by atoms with E-state index in [9.17, 15) is 0 Å². The molecule has 0 saturated carbocycles. The van der Waals surface area contributed by atoms with Crippen molar-refractivity contribution in [3.63, 3.8) is 0 Å². The van der Waals surface area contributed by atoms with Crippen LogP contribution in [0.3, 0.4) is 0 Å². The average Bonchev–Trinajstić information content (AvgIpc) is 1.72. The zero-order valence-electron chi connectivity index (χ0n) is 3.35. The number of hydrogen-bond acceptors (Lipinski definition) is 3. The van der Waals surface area contributed by atoms with Gasteiger partial charge >= 0.3 is 0 Å². The van der Waals surface area contributed by atoms with Gasteiger partial charge in [-0.05, 0) is 6.42 Å². The third kappa shape index (κ3) is 1.41. The zero-order valence-corrected chi connectivity index (χ0v) is 4.98. The maximum atomic E-state index is 4.90. The van der Waals surface area contributed by atoms with Crippen molar-refractivity contribution in [3.05, 3.63) is 0 Å². The van der Waals surface area contributed by atoms with Gasteiger partial charge in [-0.2, -0.15) is 0 Å². The van der Waals surface area contributed by atoms with E-state index in [0.717, 1.165) is 0 Å². The summed E-state index contributed by atoms with van der Waals surface area (Å²) in [6.45, 7) is 0. The van der Waals surface area contributed by atoms with Crippen LogP contribution in [0.15, 0.2) is 0 Å². The van der Waals surface area contributed by atoms with Gasteiger partial charge in [0.15, 0.2) is 0 Å². The zero-order chi connectivity index (χ0) is 4.24. The molecule has 0 aromatic heterocycles. The van der Waals surface area contributed by atoms with Gasteiger partial charge in [0.05, 0.1) is 0 Å². The van der Waals surface area contributed by atoms with Gasteiger partial charge < -0.3 is 0 Å². The van der Waals surface area contributed by atoms with Crippen LogP contribution < -0.4 is 0 Å². The van der Waals surface area contributed by atoms with E-state index in [-0.39, 0.29) is 0 Å². The molecule has 1 nitrogen and oxygen atoms in total. The molecule has 1 aliphatic heterocycles. The molecule has 0 spiro atoms. The summed E-state index contributed by atoms with van der Waals surface area (Å²) >= 11 is 3.12. The highest BCUT2D eigenvalue weighted by atomic mass is 32.2. The quantitative estimate of drug-likeness (QED) is 0.453. The first-order valence-corrected chi connectivity index (χ1v) is 3.73. The summed E-state index contributed by atoms with van der Waals surface area (Å²) in [6.07, 6.45) is 1.30. The lowest BCUT2D eigenvalue weighted by Gasteiger charge is -2.04. The Labute approximate surface area is 46.2 Å². The molecule has 0 aromatic rings. The molecule has 0 atom stereocenters. The molecule has 1 heterocycles. The van der Waals surface area contributed by atoms with Crippen LogP contribution in [0.2, 0.25) is 0 Å². The Kier molecular flexibility index (Phi) is 2.22. The van der Waals surface area contributed by atoms with Gasteiger partial charge in [-0.1, -0.05) is 0 Å². The minimum atomic E-state index is 1.17. The lowest BCUT2D eigenvalue weighted by atomic mass is 10.6. The first kappa shape index (κ1) is 4.81. The highest BCUT2D eigenvalue weighted by Crippen LogP contribution is 2.22. The topological polar surface area (TPSA) is 9.23 Å². The molecular formula is C3H6OS2. The Morgan fingerprint density at radius 3 is 2.00 bits per heavy atom. The van der Waals surface area contributed by atoms with Crippen LogP contribution in [0, 0.1) is 0 Å². The molecule has 0 N–H and O–H groups in total. The average molecular weight is 122 g/mol. The predicted molar refractivity (Wildman–Crippen MR) is 30.6 cm³/mol. The van der Waals surface area contributed by atoms with Crippen LogP contribution in [-0.2, 0) is 3.63 Å². The van der Waals surface area contributed by atoms with E-state index >= 15 is 0 Å². The molecule has 0 amide bonds. The molecule has 0 aliphatic carbocycles. The van der Waals surface area contributed by atoms with Crippen molar-refractivity contribution in [3.8, 4) is 0 Å². The fourth-order valence-corrected chi connectivity index (χ4v) is 1.80. The van der Waals surface area contributed by atoms with Crippen LogP contribution in [0.5, 0.6) is 0 Å². The molecule has 0 radical (unpaired) electrons. The smallest absolute Gasteiger partial charge is 0.0219 e. The van der Waals surface area contributed by atoms with E-state index in [1.165, 1.54) is 17.9 Å². The number of hydrogen-bond donors (Lipinski definition) is 0. The fourth-order valence-electron chi connectivity index (χ4n) is 0.279. The molecule has 1 fully saturated rings. The molecule has 1 saturated heterocycles. The molecule has 0 aromatic carbocycles. The predicted octanol–water partition coefficient (Wildman–Crippen LogP) is 1.70. The van der Waals surface area contributed by atoms with E-state index in [2.05, 4.69) is 0 Å². The SMILES string of the molecule is C1CSOSC1. The minimum absolute atomic E-state index is 1.17. The first-order valence-electron chi connectivity index (χ1n) is 1.91. The normalized spacial score (nSPS) is 24.0. The summed E-state index contributed by atoms with van der Waals surface area (Å²) < 4.78 is 4.90. The summed E-state index contributed by atoms with van der Waals surface area (Å²) in [5.41, 5.74) is 0. The molecule has 6 heavy (non-hydrogen) atoms. The molecule has 3 heteroatoms. The summed E-state index contributed by atoms with van der Waals surface area (Å²) in [5, 5.41) is 0. The summed E-state index contributed by atoms with van der Waals surface area (Å²) in [5.74, 6) is 2.35. The summed E-state index contributed by atoms with van der Waals surface area (Å²) in [6, 6.07) is 0. The monoisotopic (exact) mass is 122 g/mol. The molecule has 1 rings (SSSR count). The van der Waals surface area contributed by atoms with E-state index in [1.807, 2.05) is 0 Å². The Morgan fingerprint density at radius 2 is 1.83 bits per heavy atom. The van der Waals surface area contributed by atoms with Crippen LogP contribution in [-0.4, -0.2) is 11.5 Å². The van der Waals surface area contributed by atoms with Crippen LogP contribution in [0.25, 0.3) is 0 Å². The third-order valence-electron chi connectivity index (χ3n) is 0.552. The Morgan fingerprint density at radius 1 is 1.17 bits per heavy atom. The Bertz CT molecular complexity index is 24.3. The van der Waals surface area contributed by atoms with E-state index in [4.69, 9.17) is 3.63 Å². The largest absolute Gasteiger partial charge is 0.247 e. The van der Waals surface area contributed by atoms with Crippen LogP contribution >= 0.6 is 24.1 Å². The van der Waals surface area contributed by atoms with Crippen molar-refractivity contribution >= 4 is 24.1 Å². The first-order chi connectivity index (χ1) is 3.00. The van der Waals surface area contributed by atoms with Gasteiger partial charge in [-0.15, -0.1) is 0 Å². The van der Waals surface area contributed by atoms with E-state index in [1.54, 1.807) is 24.1 Å².